The number of aromatic nitrogens is 1. The number of methoxy groups -OCH3 is 1. The summed E-state index contributed by atoms with van der Waals surface area (Å²) in [5, 5.41) is 10.8. The molecule has 18 heavy (non-hydrogen) atoms. The van der Waals surface area contributed by atoms with Crippen molar-refractivity contribution < 1.29 is 14.2 Å². The minimum Gasteiger partial charge on any atom is -0.389 e. The zero-order valence-corrected chi connectivity index (χ0v) is 11.0. The zero-order valence-electron chi connectivity index (χ0n) is 10.3. The van der Waals surface area contributed by atoms with Gasteiger partial charge in [-0.1, -0.05) is 23.7 Å². The SMILES string of the molecule is COCCn1c(Cl)c(C(C)O)c2cccc(F)c21. The number of aliphatic hydroxyl groups excluding tert-OH is 1. The van der Waals surface area contributed by atoms with Gasteiger partial charge in [-0.15, -0.1) is 0 Å². The highest BCUT2D eigenvalue weighted by atomic mass is 35.5. The van der Waals surface area contributed by atoms with Crippen molar-refractivity contribution in [3.05, 3.63) is 34.7 Å². The van der Waals surface area contributed by atoms with Gasteiger partial charge in [0.05, 0.1) is 18.2 Å². The molecule has 0 aliphatic rings. The molecule has 0 saturated carbocycles. The highest BCUT2D eigenvalue weighted by Gasteiger charge is 2.20. The van der Waals surface area contributed by atoms with Gasteiger partial charge in [0.25, 0.3) is 0 Å². The summed E-state index contributed by atoms with van der Waals surface area (Å²) in [6.07, 6.45) is -0.745. The summed E-state index contributed by atoms with van der Waals surface area (Å²) in [6.45, 7) is 2.49. The maximum atomic E-state index is 13.9. The molecule has 3 nitrogen and oxygen atoms in total. The Kier molecular flexibility index (Phi) is 3.90. The monoisotopic (exact) mass is 271 g/mol. The van der Waals surface area contributed by atoms with Gasteiger partial charge >= 0.3 is 0 Å². The molecule has 1 aromatic heterocycles. The molecule has 0 bridgehead atoms. The van der Waals surface area contributed by atoms with Crippen LogP contribution in [-0.4, -0.2) is 23.4 Å². The van der Waals surface area contributed by atoms with Gasteiger partial charge in [0.15, 0.2) is 0 Å². The Hall–Kier alpha value is -1.10. The fourth-order valence-electron chi connectivity index (χ4n) is 2.15. The second-order valence-electron chi connectivity index (χ2n) is 4.16. The lowest BCUT2D eigenvalue weighted by molar-refractivity contribution is 0.187. The van der Waals surface area contributed by atoms with Gasteiger partial charge in [0, 0.05) is 24.6 Å². The minimum absolute atomic E-state index is 0.350. The van der Waals surface area contributed by atoms with Crippen LogP contribution in [0.5, 0.6) is 0 Å². The molecule has 1 aromatic carbocycles. The molecular formula is C13H15ClFNO2. The molecule has 0 aliphatic carbocycles. The van der Waals surface area contributed by atoms with Gasteiger partial charge in [-0.05, 0) is 13.0 Å². The molecule has 98 valence electrons. The number of rotatable bonds is 4. The molecule has 0 aliphatic heterocycles. The fourth-order valence-corrected chi connectivity index (χ4v) is 2.58. The maximum Gasteiger partial charge on any atom is 0.147 e. The Balaban J connectivity index is 2.71. The van der Waals surface area contributed by atoms with Crippen LogP contribution in [0.4, 0.5) is 4.39 Å². The molecule has 0 radical (unpaired) electrons. The summed E-state index contributed by atoms with van der Waals surface area (Å²) in [5.41, 5.74) is 0.970. The number of aliphatic hydroxyl groups is 1. The molecule has 1 atom stereocenters. The second-order valence-corrected chi connectivity index (χ2v) is 4.52. The van der Waals surface area contributed by atoms with E-state index in [0.717, 1.165) is 0 Å². The predicted molar refractivity (Wildman–Crippen MR) is 69.4 cm³/mol. The first-order chi connectivity index (χ1) is 8.57. The number of ether oxygens (including phenoxy) is 1. The topological polar surface area (TPSA) is 34.4 Å². The lowest BCUT2D eigenvalue weighted by Crippen LogP contribution is -2.05. The lowest BCUT2D eigenvalue weighted by atomic mass is 10.1. The van der Waals surface area contributed by atoms with E-state index in [4.69, 9.17) is 16.3 Å². The van der Waals surface area contributed by atoms with Crippen LogP contribution in [0.25, 0.3) is 10.9 Å². The molecule has 5 heteroatoms. The van der Waals surface area contributed by atoms with Crippen molar-refractivity contribution in [2.24, 2.45) is 0 Å². The quantitative estimate of drug-likeness (QED) is 0.927. The van der Waals surface area contributed by atoms with Crippen LogP contribution in [0.2, 0.25) is 5.15 Å². The molecule has 0 spiro atoms. The van der Waals surface area contributed by atoms with Gasteiger partial charge in [-0.2, -0.15) is 0 Å². The normalized spacial score (nSPS) is 13.2. The van der Waals surface area contributed by atoms with Crippen molar-refractivity contribution in [3.63, 3.8) is 0 Å². The van der Waals surface area contributed by atoms with E-state index in [1.54, 1.807) is 30.7 Å². The Morgan fingerprint density at radius 1 is 1.50 bits per heavy atom. The fraction of sp³-hybridized carbons (Fsp3) is 0.385. The molecule has 2 aromatic rings. The van der Waals surface area contributed by atoms with Crippen LogP contribution in [0, 0.1) is 5.82 Å². The number of benzene rings is 1. The van der Waals surface area contributed by atoms with Crippen molar-refractivity contribution in [2.75, 3.05) is 13.7 Å². The standard InChI is InChI=1S/C13H15ClFNO2/c1-8(17)11-9-4-3-5-10(15)12(9)16(13(11)14)6-7-18-2/h3-5,8,17H,6-7H2,1-2H3. The molecule has 1 N–H and O–H groups in total. The summed E-state index contributed by atoms with van der Waals surface area (Å²) in [6, 6.07) is 4.75. The van der Waals surface area contributed by atoms with Crippen molar-refractivity contribution in [2.45, 2.75) is 19.6 Å². The van der Waals surface area contributed by atoms with Crippen LogP contribution >= 0.6 is 11.6 Å². The van der Waals surface area contributed by atoms with E-state index >= 15 is 0 Å². The third-order valence-corrected chi connectivity index (χ3v) is 3.35. The van der Waals surface area contributed by atoms with Gasteiger partial charge < -0.3 is 14.4 Å². The number of para-hydroxylation sites is 1. The number of hydrogen-bond donors (Lipinski definition) is 1. The first-order valence-corrected chi connectivity index (χ1v) is 6.08. The first-order valence-electron chi connectivity index (χ1n) is 5.71. The van der Waals surface area contributed by atoms with Crippen molar-refractivity contribution in [1.29, 1.82) is 0 Å². The molecule has 2 rings (SSSR count). The summed E-state index contributed by atoms with van der Waals surface area (Å²) < 4.78 is 20.6. The van der Waals surface area contributed by atoms with E-state index in [-0.39, 0.29) is 5.82 Å². The van der Waals surface area contributed by atoms with E-state index in [1.165, 1.54) is 6.07 Å². The summed E-state index contributed by atoms with van der Waals surface area (Å²) >= 11 is 6.24. The van der Waals surface area contributed by atoms with E-state index < -0.39 is 6.10 Å². The number of halogens is 2. The number of nitrogens with zero attached hydrogens (tertiary/aromatic N) is 1. The Bertz CT molecular complexity index is 566. The largest absolute Gasteiger partial charge is 0.389 e. The van der Waals surface area contributed by atoms with Crippen molar-refractivity contribution in [3.8, 4) is 0 Å². The third-order valence-electron chi connectivity index (χ3n) is 2.94. The van der Waals surface area contributed by atoms with Gasteiger partial charge in [0.2, 0.25) is 0 Å². The Morgan fingerprint density at radius 3 is 2.83 bits per heavy atom. The van der Waals surface area contributed by atoms with E-state index in [2.05, 4.69) is 0 Å². The summed E-state index contributed by atoms with van der Waals surface area (Å²) in [4.78, 5) is 0. The Morgan fingerprint density at radius 2 is 2.22 bits per heavy atom. The third kappa shape index (κ3) is 2.11. The predicted octanol–water partition coefficient (Wildman–Crippen LogP) is 3.13. The lowest BCUT2D eigenvalue weighted by Gasteiger charge is -2.07. The van der Waals surface area contributed by atoms with Gasteiger partial charge in [-0.25, -0.2) is 4.39 Å². The highest BCUT2D eigenvalue weighted by molar-refractivity contribution is 6.32. The summed E-state index contributed by atoms with van der Waals surface area (Å²) in [5.74, 6) is -0.350. The van der Waals surface area contributed by atoms with E-state index in [9.17, 15) is 9.50 Å². The smallest absolute Gasteiger partial charge is 0.147 e. The highest BCUT2D eigenvalue weighted by Crippen LogP contribution is 2.35. The molecule has 1 heterocycles. The van der Waals surface area contributed by atoms with Crippen molar-refractivity contribution >= 4 is 22.5 Å². The van der Waals surface area contributed by atoms with Gasteiger partial charge in [0.1, 0.15) is 11.0 Å². The zero-order chi connectivity index (χ0) is 13.3. The molecule has 1 unspecified atom stereocenters. The average Bonchev–Trinajstić information content (AvgIpc) is 2.60. The number of fused-ring (bicyclic) bond motifs is 1. The minimum atomic E-state index is -0.745. The van der Waals surface area contributed by atoms with Gasteiger partial charge in [-0.3, -0.25) is 0 Å². The summed E-state index contributed by atoms with van der Waals surface area (Å²) in [7, 11) is 1.57. The van der Waals surface area contributed by atoms with Crippen molar-refractivity contribution in [1.82, 2.24) is 4.57 Å². The Labute approximate surface area is 110 Å². The van der Waals surface area contributed by atoms with Crippen LogP contribution in [0.15, 0.2) is 18.2 Å². The maximum absolute atomic E-state index is 13.9. The van der Waals surface area contributed by atoms with E-state index in [0.29, 0.717) is 34.8 Å². The molecule has 0 fully saturated rings. The first kappa shape index (κ1) is 13.3. The molecular weight excluding hydrogens is 257 g/mol. The van der Waals surface area contributed by atoms with Crippen LogP contribution in [-0.2, 0) is 11.3 Å². The van der Waals surface area contributed by atoms with Crippen LogP contribution in [0.1, 0.15) is 18.6 Å². The molecule has 0 saturated heterocycles. The van der Waals surface area contributed by atoms with Crippen LogP contribution in [0.3, 0.4) is 0 Å². The average molecular weight is 272 g/mol. The van der Waals surface area contributed by atoms with Crippen LogP contribution < -0.4 is 0 Å². The number of hydrogen-bond acceptors (Lipinski definition) is 2. The molecule has 0 amide bonds. The van der Waals surface area contributed by atoms with E-state index in [1.807, 2.05) is 0 Å². The second kappa shape index (κ2) is 5.26.